The molecular weight excluding hydrogens is 216 g/mol. The highest BCUT2D eigenvalue weighted by Crippen LogP contribution is 2.19. The van der Waals surface area contributed by atoms with Gasteiger partial charge in [-0.05, 0) is 18.6 Å². The van der Waals surface area contributed by atoms with E-state index in [9.17, 15) is 4.79 Å². The second-order valence-corrected chi connectivity index (χ2v) is 3.83. The van der Waals surface area contributed by atoms with Gasteiger partial charge < -0.3 is 10.3 Å². The van der Waals surface area contributed by atoms with Crippen LogP contribution in [0.2, 0.25) is 0 Å². The van der Waals surface area contributed by atoms with Gasteiger partial charge in [0.1, 0.15) is 0 Å². The fraction of sp³-hybridized carbons (Fsp3) is 0.333. The summed E-state index contributed by atoms with van der Waals surface area (Å²) in [7, 11) is 0. The molecule has 0 saturated heterocycles. The Morgan fingerprint density at radius 3 is 2.94 bits per heavy atom. The number of nitrogens with zero attached hydrogens (tertiary/aromatic N) is 2. The number of anilines is 1. The van der Waals surface area contributed by atoms with Crippen LogP contribution in [-0.2, 0) is 11.3 Å². The number of para-hydroxylation sites is 2. The lowest BCUT2D eigenvalue weighted by atomic mass is 10.3. The summed E-state index contributed by atoms with van der Waals surface area (Å²) in [6.07, 6.45) is 0.978. The molecule has 5 nitrogen and oxygen atoms in total. The number of fused-ring (bicyclic) bond motifs is 1. The van der Waals surface area contributed by atoms with Gasteiger partial charge in [-0.1, -0.05) is 19.1 Å². The Hall–Kier alpha value is -1.88. The Balaban J connectivity index is 2.45. The Bertz CT molecular complexity index is 532. The lowest BCUT2D eigenvalue weighted by Gasteiger charge is -2.07. The van der Waals surface area contributed by atoms with Crippen molar-refractivity contribution in [1.29, 1.82) is 0 Å². The number of rotatable bonds is 4. The van der Waals surface area contributed by atoms with Crippen LogP contribution in [0, 0.1) is 0 Å². The van der Waals surface area contributed by atoms with Crippen LogP contribution in [0.15, 0.2) is 24.3 Å². The molecule has 2 aromatic rings. The van der Waals surface area contributed by atoms with Gasteiger partial charge in [-0.15, -0.1) is 0 Å². The first kappa shape index (κ1) is 11.6. The second kappa shape index (κ2) is 4.97. The summed E-state index contributed by atoms with van der Waals surface area (Å²) < 4.78 is 2.00. The molecule has 0 unspecified atom stereocenters. The van der Waals surface area contributed by atoms with Crippen LogP contribution in [-0.4, -0.2) is 22.0 Å². The van der Waals surface area contributed by atoms with Crippen LogP contribution in [0.5, 0.6) is 0 Å². The molecule has 17 heavy (non-hydrogen) atoms. The minimum absolute atomic E-state index is 0.0324. The van der Waals surface area contributed by atoms with Crippen LogP contribution < -0.4 is 11.1 Å². The number of nitrogens with two attached hydrogens (primary N) is 1. The van der Waals surface area contributed by atoms with Crippen molar-refractivity contribution in [1.82, 2.24) is 9.55 Å². The van der Waals surface area contributed by atoms with Gasteiger partial charge in [-0.2, -0.15) is 0 Å². The highest BCUT2D eigenvalue weighted by Gasteiger charge is 2.11. The smallest absolute Gasteiger partial charge is 0.240 e. The lowest BCUT2D eigenvalue weighted by molar-refractivity contribution is -0.115. The van der Waals surface area contributed by atoms with Gasteiger partial charge in [0, 0.05) is 6.54 Å². The van der Waals surface area contributed by atoms with Crippen molar-refractivity contribution in [2.75, 3.05) is 11.9 Å². The minimum Gasteiger partial charge on any atom is -0.322 e. The highest BCUT2D eigenvalue weighted by molar-refractivity contribution is 5.92. The molecule has 1 heterocycles. The van der Waals surface area contributed by atoms with E-state index in [2.05, 4.69) is 17.2 Å². The maximum Gasteiger partial charge on any atom is 0.240 e. The zero-order valence-corrected chi connectivity index (χ0v) is 9.81. The molecule has 0 aliphatic rings. The fourth-order valence-electron chi connectivity index (χ4n) is 1.80. The van der Waals surface area contributed by atoms with Crippen molar-refractivity contribution >= 4 is 22.9 Å². The van der Waals surface area contributed by atoms with E-state index in [1.807, 2.05) is 28.8 Å². The Kier molecular flexibility index (Phi) is 3.39. The molecule has 0 radical (unpaired) electrons. The van der Waals surface area contributed by atoms with E-state index in [4.69, 9.17) is 5.73 Å². The third kappa shape index (κ3) is 2.29. The summed E-state index contributed by atoms with van der Waals surface area (Å²) in [6.45, 7) is 2.87. The van der Waals surface area contributed by atoms with Crippen LogP contribution in [0.3, 0.4) is 0 Å². The SMILES string of the molecule is CCCn1c(NC(=O)CN)nc2ccccc21. The van der Waals surface area contributed by atoms with Crippen molar-refractivity contribution in [2.24, 2.45) is 5.73 Å². The predicted octanol–water partition coefficient (Wildman–Crippen LogP) is 1.34. The zero-order valence-electron chi connectivity index (χ0n) is 9.81. The molecule has 90 valence electrons. The first-order chi connectivity index (χ1) is 8.26. The first-order valence-electron chi connectivity index (χ1n) is 5.71. The monoisotopic (exact) mass is 232 g/mol. The van der Waals surface area contributed by atoms with Gasteiger partial charge in [0.05, 0.1) is 17.6 Å². The van der Waals surface area contributed by atoms with E-state index in [0.717, 1.165) is 24.0 Å². The molecule has 1 amide bonds. The van der Waals surface area contributed by atoms with Crippen LogP contribution >= 0.6 is 0 Å². The second-order valence-electron chi connectivity index (χ2n) is 3.83. The quantitative estimate of drug-likeness (QED) is 0.835. The van der Waals surface area contributed by atoms with Gasteiger partial charge >= 0.3 is 0 Å². The van der Waals surface area contributed by atoms with Crippen molar-refractivity contribution in [3.63, 3.8) is 0 Å². The van der Waals surface area contributed by atoms with Crippen molar-refractivity contribution in [2.45, 2.75) is 19.9 Å². The molecule has 0 aliphatic carbocycles. The topological polar surface area (TPSA) is 72.9 Å². The van der Waals surface area contributed by atoms with E-state index in [1.165, 1.54) is 0 Å². The molecule has 1 aromatic carbocycles. The Labute approximate surface area is 99.6 Å². The summed E-state index contributed by atoms with van der Waals surface area (Å²) in [6, 6.07) is 7.82. The Morgan fingerprint density at radius 2 is 2.24 bits per heavy atom. The summed E-state index contributed by atoms with van der Waals surface area (Å²) in [5.41, 5.74) is 7.20. The van der Waals surface area contributed by atoms with Crippen molar-refractivity contribution < 1.29 is 4.79 Å². The van der Waals surface area contributed by atoms with Gasteiger partial charge in [-0.25, -0.2) is 4.98 Å². The molecule has 0 spiro atoms. The molecule has 0 atom stereocenters. The van der Waals surface area contributed by atoms with E-state index >= 15 is 0 Å². The predicted molar refractivity (Wildman–Crippen MR) is 67.7 cm³/mol. The number of carbonyl (C=O) groups excluding carboxylic acids is 1. The number of hydrogen-bond acceptors (Lipinski definition) is 3. The fourth-order valence-corrected chi connectivity index (χ4v) is 1.80. The van der Waals surface area contributed by atoms with Gasteiger partial charge in [0.2, 0.25) is 11.9 Å². The zero-order chi connectivity index (χ0) is 12.3. The summed E-state index contributed by atoms with van der Waals surface area (Å²) in [5.74, 6) is 0.348. The van der Waals surface area contributed by atoms with E-state index in [1.54, 1.807) is 0 Å². The van der Waals surface area contributed by atoms with Crippen LogP contribution in [0.4, 0.5) is 5.95 Å². The average Bonchev–Trinajstić information content (AvgIpc) is 2.68. The molecule has 0 fully saturated rings. The molecule has 0 bridgehead atoms. The third-order valence-corrected chi connectivity index (χ3v) is 2.54. The number of aromatic nitrogens is 2. The molecule has 2 rings (SSSR count). The normalized spacial score (nSPS) is 10.7. The van der Waals surface area contributed by atoms with Crippen LogP contribution in [0.1, 0.15) is 13.3 Å². The number of benzene rings is 1. The van der Waals surface area contributed by atoms with Crippen LogP contribution in [0.25, 0.3) is 11.0 Å². The van der Waals surface area contributed by atoms with Gasteiger partial charge in [0.25, 0.3) is 0 Å². The lowest BCUT2D eigenvalue weighted by Crippen LogP contribution is -2.23. The number of imidazole rings is 1. The molecule has 1 aromatic heterocycles. The summed E-state index contributed by atoms with van der Waals surface area (Å²) in [5, 5.41) is 2.72. The standard InChI is InChI=1S/C12H16N4O/c1-2-7-16-10-6-4-3-5-9(10)14-12(16)15-11(17)8-13/h3-6H,2,7-8,13H2,1H3,(H,14,15,17). The maximum atomic E-state index is 11.3. The van der Waals surface area contributed by atoms with Gasteiger partial charge in [-0.3, -0.25) is 10.1 Å². The molecule has 3 N–H and O–H groups in total. The van der Waals surface area contributed by atoms with Gasteiger partial charge in [0.15, 0.2) is 0 Å². The number of amides is 1. The highest BCUT2D eigenvalue weighted by atomic mass is 16.2. The number of carbonyl (C=O) groups is 1. The number of aryl methyl sites for hydroxylation is 1. The molecular formula is C12H16N4O. The summed E-state index contributed by atoms with van der Waals surface area (Å²) in [4.78, 5) is 15.7. The summed E-state index contributed by atoms with van der Waals surface area (Å²) >= 11 is 0. The first-order valence-corrected chi connectivity index (χ1v) is 5.71. The largest absolute Gasteiger partial charge is 0.322 e. The number of hydrogen-bond donors (Lipinski definition) is 2. The molecule has 5 heteroatoms. The molecule has 0 aliphatic heterocycles. The van der Waals surface area contributed by atoms with E-state index in [-0.39, 0.29) is 12.5 Å². The van der Waals surface area contributed by atoms with Crippen molar-refractivity contribution in [3.05, 3.63) is 24.3 Å². The minimum atomic E-state index is -0.224. The average molecular weight is 232 g/mol. The van der Waals surface area contributed by atoms with Crippen molar-refractivity contribution in [3.8, 4) is 0 Å². The van der Waals surface area contributed by atoms with E-state index < -0.39 is 0 Å². The Morgan fingerprint density at radius 1 is 1.47 bits per heavy atom. The third-order valence-electron chi connectivity index (χ3n) is 2.54. The maximum absolute atomic E-state index is 11.3. The molecule has 0 saturated carbocycles. The van der Waals surface area contributed by atoms with E-state index in [0.29, 0.717) is 5.95 Å². The number of nitrogens with one attached hydrogen (secondary N) is 1.